The molecule has 6 nitrogen and oxygen atoms in total. The summed E-state index contributed by atoms with van der Waals surface area (Å²) >= 11 is 0. The molecule has 2 saturated heterocycles. The molecule has 0 aromatic heterocycles. The van der Waals surface area contributed by atoms with E-state index in [1.807, 2.05) is 30.3 Å². The Morgan fingerprint density at radius 1 is 0.967 bits per heavy atom. The molecule has 7 heteroatoms. The van der Waals surface area contributed by atoms with Crippen molar-refractivity contribution in [3.05, 3.63) is 42.5 Å². The number of fused-ring (bicyclic) bond motifs is 1. The zero-order valence-corrected chi connectivity index (χ0v) is 18.9. The molecule has 2 aromatic rings. The van der Waals surface area contributed by atoms with Crippen LogP contribution in [0.1, 0.15) is 13.8 Å². The fourth-order valence-electron chi connectivity index (χ4n) is 4.49. The molecule has 2 aliphatic heterocycles. The molecule has 2 aromatic carbocycles. The van der Waals surface area contributed by atoms with Crippen LogP contribution in [0.2, 0.25) is 0 Å². The average molecular weight is 432 g/mol. The highest BCUT2D eigenvalue weighted by molar-refractivity contribution is 7.89. The van der Waals surface area contributed by atoms with Gasteiger partial charge in [0, 0.05) is 52.4 Å². The molecule has 0 radical (unpaired) electrons. The Kier molecular flexibility index (Phi) is 6.75. The van der Waals surface area contributed by atoms with Crippen LogP contribution < -0.4 is 0 Å². The number of nitrogens with zero attached hydrogens (tertiary/aromatic N) is 3. The summed E-state index contributed by atoms with van der Waals surface area (Å²) in [5.41, 5.74) is 0. The number of morpholine rings is 1. The van der Waals surface area contributed by atoms with Crippen LogP contribution in [-0.2, 0) is 14.8 Å². The predicted octanol–water partition coefficient (Wildman–Crippen LogP) is 2.50. The van der Waals surface area contributed by atoms with Crippen molar-refractivity contribution in [2.75, 3.05) is 59.0 Å². The zero-order chi connectivity index (χ0) is 21.1. The Morgan fingerprint density at radius 2 is 1.70 bits per heavy atom. The highest BCUT2D eigenvalue weighted by Crippen LogP contribution is 2.23. The second-order valence-electron chi connectivity index (χ2n) is 8.86. The van der Waals surface area contributed by atoms with Crippen LogP contribution in [0.3, 0.4) is 0 Å². The van der Waals surface area contributed by atoms with Crippen molar-refractivity contribution in [3.8, 4) is 0 Å². The summed E-state index contributed by atoms with van der Waals surface area (Å²) in [6.45, 7) is 11.8. The molecule has 0 aliphatic carbocycles. The van der Waals surface area contributed by atoms with Crippen molar-refractivity contribution in [2.45, 2.75) is 24.8 Å². The molecule has 0 saturated carbocycles. The maximum atomic E-state index is 13.1. The third-order valence-electron chi connectivity index (χ3n) is 6.00. The Balaban J connectivity index is 1.34. The summed E-state index contributed by atoms with van der Waals surface area (Å²) < 4.78 is 33.9. The first kappa shape index (κ1) is 21.7. The van der Waals surface area contributed by atoms with E-state index in [-0.39, 0.29) is 6.10 Å². The molecular weight excluding hydrogens is 398 g/mol. The first-order valence-corrected chi connectivity index (χ1v) is 12.4. The summed E-state index contributed by atoms with van der Waals surface area (Å²) in [6, 6.07) is 13.3. The van der Waals surface area contributed by atoms with Crippen molar-refractivity contribution >= 4 is 20.8 Å². The number of hydrogen-bond donors (Lipinski definition) is 0. The summed E-state index contributed by atoms with van der Waals surface area (Å²) in [7, 11) is -3.47. The topological polar surface area (TPSA) is 53.1 Å². The van der Waals surface area contributed by atoms with E-state index in [1.165, 1.54) is 0 Å². The number of rotatable bonds is 6. The van der Waals surface area contributed by atoms with E-state index in [0.717, 1.165) is 56.6 Å². The zero-order valence-electron chi connectivity index (χ0n) is 18.0. The fourth-order valence-corrected chi connectivity index (χ4v) is 5.95. The van der Waals surface area contributed by atoms with Crippen LogP contribution in [0.5, 0.6) is 0 Å². The van der Waals surface area contributed by atoms with Crippen LogP contribution in [0.25, 0.3) is 10.8 Å². The van der Waals surface area contributed by atoms with Gasteiger partial charge in [0.2, 0.25) is 10.0 Å². The standard InChI is InChI=1S/C23H33N3O3S/c1-19(2)16-25-13-14-29-22(18-25)17-24-9-11-26(12-10-24)30(27,28)23-8-7-20-5-3-4-6-21(20)15-23/h3-8,15,19,22H,9-14,16-18H2,1-2H3/t22-/m1/s1. The summed E-state index contributed by atoms with van der Waals surface area (Å²) in [5, 5.41) is 2.01. The van der Waals surface area contributed by atoms with Crippen LogP contribution in [0, 0.1) is 5.92 Å². The fraction of sp³-hybridized carbons (Fsp3) is 0.565. The van der Waals surface area contributed by atoms with Gasteiger partial charge in [-0.2, -0.15) is 4.31 Å². The van der Waals surface area contributed by atoms with Gasteiger partial charge in [-0.3, -0.25) is 9.80 Å². The lowest BCUT2D eigenvalue weighted by molar-refractivity contribution is -0.0486. The molecule has 0 N–H and O–H groups in total. The average Bonchev–Trinajstić information content (AvgIpc) is 2.73. The Hall–Kier alpha value is -1.51. The van der Waals surface area contributed by atoms with Gasteiger partial charge in [-0.05, 0) is 28.8 Å². The van der Waals surface area contributed by atoms with Gasteiger partial charge in [0.15, 0.2) is 0 Å². The molecular formula is C23H33N3O3S. The van der Waals surface area contributed by atoms with E-state index in [9.17, 15) is 8.42 Å². The summed E-state index contributed by atoms with van der Waals surface area (Å²) in [6.07, 6.45) is 0.209. The number of ether oxygens (including phenoxy) is 1. The smallest absolute Gasteiger partial charge is 0.243 e. The van der Waals surface area contributed by atoms with Crippen LogP contribution in [-0.4, -0.2) is 87.6 Å². The van der Waals surface area contributed by atoms with Crippen molar-refractivity contribution in [1.82, 2.24) is 14.1 Å². The van der Waals surface area contributed by atoms with E-state index in [4.69, 9.17) is 4.74 Å². The first-order chi connectivity index (χ1) is 14.4. The molecule has 0 amide bonds. The molecule has 0 unspecified atom stereocenters. The molecule has 4 rings (SSSR count). The predicted molar refractivity (Wildman–Crippen MR) is 120 cm³/mol. The lowest BCUT2D eigenvalue weighted by atomic mass is 10.1. The molecule has 164 valence electrons. The molecule has 0 bridgehead atoms. The van der Waals surface area contributed by atoms with E-state index < -0.39 is 10.0 Å². The Morgan fingerprint density at radius 3 is 2.43 bits per heavy atom. The quantitative estimate of drug-likeness (QED) is 0.704. The maximum absolute atomic E-state index is 13.1. The van der Waals surface area contributed by atoms with Gasteiger partial charge in [0.05, 0.1) is 17.6 Å². The monoisotopic (exact) mass is 431 g/mol. The molecule has 2 aliphatic rings. The molecule has 1 atom stereocenters. The van der Waals surface area contributed by atoms with E-state index >= 15 is 0 Å². The lowest BCUT2D eigenvalue weighted by Gasteiger charge is -2.39. The number of hydrogen-bond acceptors (Lipinski definition) is 5. The maximum Gasteiger partial charge on any atom is 0.243 e. The Labute approximate surface area is 180 Å². The molecule has 30 heavy (non-hydrogen) atoms. The molecule has 0 spiro atoms. The van der Waals surface area contributed by atoms with Gasteiger partial charge < -0.3 is 4.74 Å². The van der Waals surface area contributed by atoms with Gasteiger partial charge in [0.1, 0.15) is 0 Å². The van der Waals surface area contributed by atoms with E-state index in [1.54, 1.807) is 16.4 Å². The highest BCUT2D eigenvalue weighted by atomic mass is 32.2. The first-order valence-electron chi connectivity index (χ1n) is 11.0. The summed E-state index contributed by atoms with van der Waals surface area (Å²) in [4.78, 5) is 5.21. The van der Waals surface area contributed by atoms with Crippen molar-refractivity contribution in [2.24, 2.45) is 5.92 Å². The second-order valence-corrected chi connectivity index (χ2v) is 10.8. The largest absolute Gasteiger partial charge is 0.374 e. The van der Waals surface area contributed by atoms with Gasteiger partial charge >= 0.3 is 0 Å². The minimum atomic E-state index is -3.47. The van der Waals surface area contributed by atoms with Crippen LogP contribution in [0.4, 0.5) is 0 Å². The SMILES string of the molecule is CC(C)CN1CCO[C@H](CN2CCN(S(=O)(=O)c3ccc4ccccc4c3)CC2)C1. The number of sulfonamides is 1. The Bertz CT molecular complexity index is 955. The van der Waals surface area contributed by atoms with Gasteiger partial charge in [-0.25, -0.2) is 8.42 Å². The molecule has 2 heterocycles. The van der Waals surface area contributed by atoms with Crippen molar-refractivity contribution in [3.63, 3.8) is 0 Å². The van der Waals surface area contributed by atoms with Crippen LogP contribution >= 0.6 is 0 Å². The summed E-state index contributed by atoms with van der Waals surface area (Å²) in [5.74, 6) is 0.660. The lowest BCUT2D eigenvalue weighted by Crippen LogP contribution is -2.53. The van der Waals surface area contributed by atoms with E-state index in [0.29, 0.717) is 23.9 Å². The minimum Gasteiger partial charge on any atom is -0.374 e. The second kappa shape index (κ2) is 9.32. The normalized spacial score (nSPS) is 22.7. The van der Waals surface area contributed by atoms with Crippen molar-refractivity contribution < 1.29 is 13.2 Å². The van der Waals surface area contributed by atoms with Crippen LogP contribution in [0.15, 0.2) is 47.4 Å². The number of piperazine rings is 1. The number of benzene rings is 2. The third-order valence-corrected chi connectivity index (χ3v) is 7.89. The van der Waals surface area contributed by atoms with Gasteiger partial charge in [-0.15, -0.1) is 0 Å². The third kappa shape index (κ3) is 5.03. The minimum absolute atomic E-state index is 0.209. The van der Waals surface area contributed by atoms with Crippen molar-refractivity contribution in [1.29, 1.82) is 0 Å². The van der Waals surface area contributed by atoms with E-state index in [2.05, 4.69) is 23.6 Å². The highest BCUT2D eigenvalue weighted by Gasteiger charge is 2.30. The van der Waals surface area contributed by atoms with Gasteiger partial charge in [0.25, 0.3) is 0 Å². The molecule has 2 fully saturated rings. The van der Waals surface area contributed by atoms with Gasteiger partial charge in [-0.1, -0.05) is 44.2 Å².